The van der Waals surface area contributed by atoms with Crippen LogP contribution in [0.1, 0.15) is 112 Å². The Hall–Kier alpha value is -3.27. The van der Waals surface area contributed by atoms with Crippen LogP contribution in [0.25, 0.3) is 0 Å². The SMILES string of the molecule is CC1CCC([C@H](NC(=O)c2cnn(C3CCCC3)c2)C(=O)Nc2ccc([C@H](C)CC(=O)N3CCC(O)CC3)cc2F)CC1. The molecule has 0 radical (unpaired) electrons. The Morgan fingerprint density at radius 3 is 2.42 bits per heavy atom. The molecule has 2 aliphatic carbocycles. The smallest absolute Gasteiger partial charge is 0.255 e. The van der Waals surface area contributed by atoms with Crippen molar-refractivity contribution in [3.63, 3.8) is 0 Å². The summed E-state index contributed by atoms with van der Waals surface area (Å²) in [6.45, 7) is 5.15. The number of nitrogens with zero attached hydrogens (tertiary/aromatic N) is 3. The van der Waals surface area contributed by atoms with Gasteiger partial charge in [-0.3, -0.25) is 19.1 Å². The topological polar surface area (TPSA) is 117 Å². The lowest BCUT2D eigenvalue weighted by Crippen LogP contribution is -2.49. The fourth-order valence-corrected chi connectivity index (χ4v) is 6.84. The summed E-state index contributed by atoms with van der Waals surface area (Å²) < 4.78 is 17.2. The van der Waals surface area contributed by atoms with Gasteiger partial charge in [0.25, 0.3) is 5.91 Å². The minimum absolute atomic E-state index is 0.00800. The van der Waals surface area contributed by atoms with E-state index in [0.29, 0.717) is 49.0 Å². The highest BCUT2D eigenvalue weighted by atomic mass is 19.1. The number of likely N-dealkylation sites (tertiary alicyclic amines) is 1. The van der Waals surface area contributed by atoms with Gasteiger partial charge in [0.2, 0.25) is 11.8 Å². The van der Waals surface area contributed by atoms with Crippen LogP contribution in [-0.2, 0) is 9.59 Å². The van der Waals surface area contributed by atoms with Crippen LogP contribution in [0.15, 0.2) is 30.6 Å². The molecule has 3 amide bonds. The van der Waals surface area contributed by atoms with Crippen LogP contribution >= 0.6 is 0 Å². The van der Waals surface area contributed by atoms with E-state index in [1.807, 2.05) is 11.6 Å². The van der Waals surface area contributed by atoms with Gasteiger partial charge < -0.3 is 20.6 Å². The molecule has 2 atom stereocenters. The summed E-state index contributed by atoms with van der Waals surface area (Å²) >= 11 is 0. The van der Waals surface area contributed by atoms with Crippen LogP contribution < -0.4 is 10.6 Å². The summed E-state index contributed by atoms with van der Waals surface area (Å²) in [4.78, 5) is 41.4. The van der Waals surface area contributed by atoms with E-state index in [9.17, 15) is 19.5 Å². The molecule has 234 valence electrons. The van der Waals surface area contributed by atoms with Crippen molar-refractivity contribution in [2.45, 2.75) is 109 Å². The number of halogens is 1. The van der Waals surface area contributed by atoms with E-state index in [1.54, 1.807) is 23.4 Å². The van der Waals surface area contributed by atoms with Gasteiger partial charge in [0.1, 0.15) is 11.9 Å². The quantitative estimate of drug-likeness (QED) is 0.370. The lowest BCUT2D eigenvalue weighted by atomic mass is 9.79. The largest absolute Gasteiger partial charge is 0.393 e. The Kier molecular flexibility index (Phi) is 10.2. The first-order valence-corrected chi connectivity index (χ1v) is 16.1. The van der Waals surface area contributed by atoms with Gasteiger partial charge in [-0.05, 0) is 74.0 Å². The summed E-state index contributed by atoms with van der Waals surface area (Å²) in [6.07, 6.45) is 12.4. The van der Waals surface area contributed by atoms with E-state index in [-0.39, 0.29) is 41.9 Å². The Morgan fingerprint density at radius 2 is 1.74 bits per heavy atom. The Labute approximate surface area is 253 Å². The van der Waals surface area contributed by atoms with Gasteiger partial charge in [-0.1, -0.05) is 45.6 Å². The maximum absolute atomic E-state index is 15.3. The van der Waals surface area contributed by atoms with Gasteiger partial charge in [-0.2, -0.15) is 5.10 Å². The standard InChI is InChI=1S/C33H46FN5O4/c1-21-7-9-23(10-8-21)31(37-32(42)25-19-35-39(20-25)26-5-3-4-6-26)33(43)36-29-12-11-24(18-28(29)34)22(2)17-30(41)38-15-13-27(40)14-16-38/h11-12,18-23,26-27,31,40H,3-10,13-17H2,1-2H3,(H,36,43)(H,37,42)/t21?,22-,23?,31+/m1/s1. The van der Waals surface area contributed by atoms with Gasteiger partial charge in [0, 0.05) is 25.7 Å². The van der Waals surface area contributed by atoms with Crippen molar-refractivity contribution in [3.8, 4) is 0 Å². The minimum Gasteiger partial charge on any atom is -0.393 e. The molecule has 1 saturated heterocycles. The Balaban J connectivity index is 1.24. The predicted octanol–water partition coefficient (Wildman–Crippen LogP) is 5.18. The lowest BCUT2D eigenvalue weighted by molar-refractivity contribution is -0.133. The first-order valence-electron chi connectivity index (χ1n) is 16.1. The number of benzene rings is 1. The van der Waals surface area contributed by atoms with Gasteiger partial charge >= 0.3 is 0 Å². The highest BCUT2D eigenvalue weighted by Gasteiger charge is 2.34. The van der Waals surface area contributed by atoms with Gasteiger partial charge in [0.05, 0.1) is 29.6 Å². The molecule has 2 saturated carbocycles. The number of anilines is 1. The molecule has 9 nitrogen and oxygen atoms in total. The molecule has 1 aromatic heterocycles. The number of rotatable bonds is 9. The van der Waals surface area contributed by atoms with E-state index < -0.39 is 17.8 Å². The number of amides is 3. The van der Waals surface area contributed by atoms with Crippen molar-refractivity contribution in [2.24, 2.45) is 11.8 Å². The van der Waals surface area contributed by atoms with Crippen molar-refractivity contribution in [2.75, 3.05) is 18.4 Å². The third-order valence-corrected chi connectivity index (χ3v) is 9.78. The fourth-order valence-electron chi connectivity index (χ4n) is 6.84. The molecule has 0 unspecified atom stereocenters. The van der Waals surface area contributed by atoms with Crippen LogP contribution in [-0.4, -0.2) is 62.7 Å². The molecule has 5 rings (SSSR count). The molecule has 0 bridgehead atoms. The van der Waals surface area contributed by atoms with Crippen LogP contribution in [0, 0.1) is 17.7 Å². The molecular formula is C33H46FN5O4. The molecule has 1 aromatic carbocycles. The van der Waals surface area contributed by atoms with E-state index in [0.717, 1.165) is 51.4 Å². The molecule has 10 heteroatoms. The number of piperidine rings is 1. The minimum atomic E-state index is -0.798. The van der Waals surface area contributed by atoms with E-state index in [4.69, 9.17) is 0 Å². The number of carbonyl (C=O) groups excluding carboxylic acids is 3. The number of nitrogens with one attached hydrogen (secondary N) is 2. The molecule has 3 aliphatic rings. The first-order chi connectivity index (χ1) is 20.7. The number of aromatic nitrogens is 2. The van der Waals surface area contributed by atoms with Crippen LogP contribution in [0.4, 0.5) is 10.1 Å². The second kappa shape index (κ2) is 14.0. The molecule has 3 N–H and O–H groups in total. The first kappa shape index (κ1) is 31.2. The predicted molar refractivity (Wildman–Crippen MR) is 162 cm³/mol. The molecule has 3 fully saturated rings. The molecule has 43 heavy (non-hydrogen) atoms. The van der Waals surface area contributed by atoms with Crippen LogP contribution in [0.5, 0.6) is 0 Å². The number of carbonyl (C=O) groups is 3. The van der Waals surface area contributed by atoms with Gasteiger partial charge in [-0.15, -0.1) is 0 Å². The second-order valence-corrected chi connectivity index (χ2v) is 13.1. The molecule has 1 aliphatic heterocycles. The second-order valence-electron chi connectivity index (χ2n) is 13.1. The van der Waals surface area contributed by atoms with Crippen molar-refractivity contribution in [1.29, 1.82) is 0 Å². The highest BCUT2D eigenvalue weighted by molar-refractivity contribution is 6.01. The highest BCUT2D eigenvalue weighted by Crippen LogP contribution is 2.32. The number of aliphatic hydroxyl groups is 1. The normalized spacial score (nSPS) is 23.1. The third-order valence-electron chi connectivity index (χ3n) is 9.78. The number of aliphatic hydroxyl groups excluding tert-OH is 1. The zero-order valence-corrected chi connectivity index (χ0v) is 25.4. The zero-order chi connectivity index (χ0) is 30.5. The van der Waals surface area contributed by atoms with E-state index >= 15 is 4.39 Å². The summed E-state index contributed by atoms with van der Waals surface area (Å²) in [7, 11) is 0. The summed E-state index contributed by atoms with van der Waals surface area (Å²) in [6, 6.07) is 4.17. The summed E-state index contributed by atoms with van der Waals surface area (Å²) in [5, 5.41) is 19.8. The van der Waals surface area contributed by atoms with Crippen molar-refractivity contribution >= 4 is 23.4 Å². The average Bonchev–Trinajstić information content (AvgIpc) is 3.70. The molecular weight excluding hydrogens is 549 g/mol. The average molecular weight is 596 g/mol. The zero-order valence-electron chi connectivity index (χ0n) is 25.4. The molecule has 2 heterocycles. The lowest BCUT2D eigenvalue weighted by Gasteiger charge is -2.32. The van der Waals surface area contributed by atoms with Crippen LogP contribution in [0.2, 0.25) is 0 Å². The molecule has 2 aromatic rings. The number of hydrogen-bond donors (Lipinski definition) is 3. The maximum atomic E-state index is 15.3. The van der Waals surface area contributed by atoms with E-state index in [2.05, 4.69) is 22.7 Å². The third kappa shape index (κ3) is 7.82. The van der Waals surface area contributed by atoms with Crippen LogP contribution in [0.3, 0.4) is 0 Å². The van der Waals surface area contributed by atoms with Gasteiger partial charge in [0.15, 0.2) is 0 Å². The van der Waals surface area contributed by atoms with Crippen molar-refractivity contribution in [1.82, 2.24) is 20.0 Å². The van der Waals surface area contributed by atoms with Crippen molar-refractivity contribution < 1.29 is 23.9 Å². The van der Waals surface area contributed by atoms with E-state index in [1.165, 1.54) is 12.1 Å². The maximum Gasteiger partial charge on any atom is 0.255 e. The Bertz CT molecular complexity index is 1280. The summed E-state index contributed by atoms with van der Waals surface area (Å²) in [5.74, 6) is -1.05. The summed E-state index contributed by atoms with van der Waals surface area (Å²) in [5.41, 5.74) is 1.15. The Morgan fingerprint density at radius 1 is 1.05 bits per heavy atom. The number of hydrogen-bond acceptors (Lipinski definition) is 5. The molecule has 0 spiro atoms. The van der Waals surface area contributed by atoms with Crippen molar-refractivity contribution in [3.05, 3.63) is 47.5 Å². The fraction of sp³-hybridized carbons (Fsp3) is 0.636. The van der Waals surface area contributed by atoms with Gasteiger partial charge in [-0.25, -0.2) is 4.39 Å². The monoisotopic (exact) mass is 595 g/mol.